The number of para-hydroxylation sites is 2. The normalized spacial score (nSPS) is 10.7. The van der Waals surface area contributed by atoms with Gasteiger partial charge in [0, 0.05) is 11.6 Å². The van der Waals surface area contributed by atoms with Crippen LogP contribution in [0.4, 0.5) is 5.69 Å². The number of benzene rings is 2. The highest BCUT2D eigenvalue weighted by Gasteiger charge is 2.06. The van der Waals surface area contributed by atoms with Gasteiger partial charge >= 0.3 is 0 Å². The second kappa shape index (κ2) is 6.55. The van der Waals surface area contributed by atoms with Crippen LogP contribution in [0.5, 0.6) is 5.88 Å². The van der Waals surface area contributed by atoms with Crippen molar-refractivity contribution in [1.82, 2.24) is 4.98 Å². The average molecular weight is 286 g/mol. The highest BCUT2D eigenvalue weighted by Crippen LogP contribution is 2.22. The molecule has 0 amide bonds. The third-order valence-corrected chi connectivity index (χ3v) is 3.12. The molecule has 0 aliphatic carbocycles. The molecule has 0 saturated heterocycles. The van der Waals surface area contributed by atoms with Gasteiger partial charge < -0.3 is 4.74 Å². The molecule has 0 aliphatic rings. The Balaban J connectivity index is 2.02. The maximum atomic E-state index is 5.54. The van der Waals surface area contributed by atoms with Crippen molar-refractivity contribution in [2.24, 2.45) is 4.99 Å². The van der Waals surface area contributed by atoms with Gasteiger partial charge in [-0.25, -0.2) is 4.98 Å². The van der Waals surface area contributed by atoms with Gasteiger partial charge in [0.1, 0.15) is 0 Å². The van der Waals surface area contributed by atoms with Crippen LogP contribution in [-0.2, 0) is 0 Å². The van der Waals surface area contributed by atoms with E-state index in [4.69, 9.17) is 11.2 Å². The van der Waals surface area contributed by atoms with Crippen molar-refractivity contribution in [3.63, 3.8) is 0 Å². The molecule has 1 heterocycles. The lowest BCUT2D eigenvalue weighted by Crippen LogP contribution is -2.00. The maximum absolute atomic E-state index is 5.54. The van der Waals surface area contributed by atoms with Crippen molar-refractivity contribution >= 4 is 22.8 Å². The van der Waals surface area contributed by atoms with Crippen molar-refractivity contribution in [2.75, 3.05) is 6.61 Å². The summed E-state index contributed by atoms with van der Waals surface area (Å²) in [4.78, 5) is 8.97. The summed E-state index contributed by atoms with van der Waals surface area (Å²) in [5.74, 6) is 2.96. The van der Waals surface area contributed by atoms with Crippen LogP contribution in [0.15, 0.2) is 65.7 Å². The lowest BCUT2D eigenvalue weighted by Gasteiger charge is -2.07. The minimum absolute atomic E-state index is 0.178. The number of terminal acetylenes is 1. The van der Waals surface area contributed by atoms with Gasteiger partial charge in [-0.2, -0.15) is 0 Å². The SMILES string of the molecule is C#CCOc1nc2ccccc2cc1C=Nc1ccccc1. The topological polar surface area (TPSA) is 34.5 Å². The van der Waals surface area contributed by atoms with Gasteiger partial charge in [0.05, 0.1) is 16.8 Å². The van der Waals surface area contributed by atoms with Gasteiger partial charge in [-0.1, -0.05) is 42.3 Å². The second-order valence-corrected chi connectivity index (χ2v) is 4.66. The first-order valence-electron chi connectivity index (χ1n) is 6.92. The number of ether oxygens (including phenoxy) is 1. The first-order valence-corrected chi connectivity index (χ1v) is 6.92. The average Bonchev–Trinajstić information content (AvgIpc) is 2.58. The predicted octanol–water partition coefficient (Wildman–Crippen LogP) is 4.00. The molecule has 0 radical (unpaired) electrons. The van der Waals surface area contributed by atoms with Crippen molar-refractivity contribution < 1.29 is 4.74 Å². The quantitative estimate of drug-likeness (QED) is 0.536. The number of rotatable bonds is 4. The Kier molecular flexibility index (Phi) is 4.12. The fourth-order valence-electron chi connectivity index (χ4n) is 2.09. The smallest absolute Gasteiger partial charge is 0.223 e. The molecule has 3 rings (SSSR count). The number of hydrogen-bond acceptors (Lipinski definition) is 3. The van der Waals surface area contributed by atoms with Gasteiger partial charge in [0.2, 0.25) is 5.88 Å². The molecule has 1 aromatic heterocycles. The molecule has 0 saturated carbocycles. The molecule has 22 heavy (non-hydrogen) atoms. The first-order chi connectivity index (χ1) is 10.9. The van der Waals surface area contributed by atoms with Crippen molar-refractivity contribution in [1.29, 1.82) is 0 Å². The van der Waals surface area contributed by atoms with Crippen LogP contribution in [0.3, 0.4) is 0 Å². The molecule has 106 valence electrons. The molecular weight excluding hydrogens is 272 g/mol. The third-order valence-electron chi connectivity index (χ3n) is 3.12. The Hall–Kier alpha value is -3.12. The molecule has 3 nitrogen and oxygen atoms in total. The lowest BCUT2D eigenvalue weighted by molar-refractivity contribution is 0.356. The van der Waals surface area contributed by atoms with E-state index >= 15 is 0 Å². The number of hydrogen-bond donors (Lipinski definition) is 0. The molecule has 0 bridgehead atoms. The number of aromatic nitrogens is 1. The minimum atomic E-state index is 0.178. The molecular formula is C19H14N2O. The Morgan fingerprint density at radius 1 is 1.09 bits per heavy atom. The van der Waals surface area contributed by atoms with Crippen molar-refractivity contribution in [2.45, 2.75) is 0 Å². The maximum Gasteiger partial charge on any atom is 0.223 e. The summed E-state index contributed by atoms with van der Waals surface area (Å²) in [7, 11) is 0. The zero-order valence-corrected chi connectivity index (χ0v) is 11.9. The van der Waals surface area contributed by atoms with E-state index in [1.165, 1.54) is 0 Å². The second-order valence-electron chi connectivity index (χ2n) is 4.66. The number of aliphatic imine (C=N–C) groups is 1. The number of pyridine rings is 1. The summed E-state index contributed by atoms with van der Waals surface area (Å²) in [6, 6.07) is 19.6. The molecule has 0 aliphatic heterocycles. The fraction of sp³-hybridized carbons (Fsp3) is 0.0526. The Morgan fingerprint density at radius 2 is 1.86 bits per heavy atom. The lowest BCUT2D eigenvalue weighted by atomic mass is 10.1. The molecule has 0 N–H and O–H groups in total. The van der Waals surface area contributed by atoms with E-state index in [0.29, 0.717) is 5.88 Å². The highest BCUT2D eigenvalue weighted by molar-refractivity contribution is 5.91. The number of nitrogens with zero attached hydrogens (tertiary/aromatic N) is 2. The van der Waals surface area contributed by atoms with E-state index in [-0.39, 0.29) is 6.61 Å². The van der Waals surface area contributed by atoms with Gasteiger partial charge in [0.15, 0.2) is 6.61 Å². The molecule has 0 spiro atoms. The van der Waals surface area contributed by atoms with Crippen LogP contribution in [0.1, 0.15) is 5.56 Å². The fourth-order valence-corrected chi connectivity index (χ4v) is 2.09. The summed E-state index contributed by atoms with van der Waals surface area (Å²) >= 11 is 0. The molecule has 0 unspecified atom stereocenters. The van der Waals surface area contributed by atoms with Crippen LogP contribution < -0.4 is 4.74 Å². The van der Waals surface area contributed by atoms with Crippen molar-refractivity contribution in [3.8, 4) is 18.2 Å². The van der Waals surface area contributed by atoms with E-state index in [2.05, 4.69) is 15.9 Å². The zero-order chi connectivity index (χ0) is 15.2. The van der Waals surface area contributed by atoms with E-state index in [9.17, 15) is 0 Å². The van der Waals surface area contributed by atoms with E-state index in [0.717, 1.165) is 22.2 Å². The van der Waals surface area contributed by atoms with Crippen LogP contribution >= 0.6 is 0 Å². The standard InChI is InChI=1S/C19H14N2O/c1-2-12-22-19-16(14-20-17-9-4-3-5-10-17)13-15-8-6-7-11-18(15)21-19/h1,3-11,13-14H,12H2. The molecule has 0 atom stereocenters. The van der Waals surface area contributed by atoms with Gasteiger partial charge in [-0.15, -0.1) is 6.42 Å². The number of fused-ring (bicyclic) bond motifs is 1. The zero-order valence-electron chi connectivity index (χ0n) is 11.9. The van der Waals surface area contributed by atoms with Crippen LogP contribution in [0.25, 0.3) is 10.9 Å². The summed E-state index contributed by atoms with van der Waals surface area (Å²) in [6.45, 7) is 0.178. The van der Waals surface area contributed by atoms with Crippen LogP contribution in [-0.4, -0.2) is 17.8 Å². The van der Waals surface area contributed by atoms with Gasteiger partial charge in [0.25, 0.3) is 0 Å². The molecule has 3 heteroatoms. The van der Waals surface area contributed by atoms with Crippen LogP contribution in [0.2, 0.25) is 0 Å². The minimum Gasteiger partial charge on any atom is -0.464 e. The monoisotopic (exact) mass is 286 g/mol. The van der Waals surface area contributed by atoms with Crippen LogP contribution in [0, 0.1) is 12.3 Å². The van der Waals surface area contributed by atoms with Gasteiger partial charge in [-0.3, -0.25) is 4.99 Å². The summed E-state index contributed by atoms with van der Waals surface area (Å²) in [6.07, 6.45) is 7.02. The molecule has 3 aromatic rings. The first kappa shape index (κ1) is 13.8. The summed E-state index contributed by atoms with van der Waals surface area (Å²) in [5, 5.41) is 1.03. The Labute approximate surface area is 129 Å². The highest BCUT2D eigenvalue weighted by atomic mass is 16.5. The van der Waals surface area contributed by atoms with E-state index < -0.39 is 0 Å². The predicted molar refractivity (Wildman–Crippen MR) is 89.8 cm³/mol. The van der Waals surface area contributed by atoms with E-state index in [1.807, 2.05) is 60.7 Å². The molecule has 2 aromatic carbocycles. The summed E-state index contributed by atoms with van der Waals surface area (Å²) in [5.41, 5.74) is 2.54. The Morgan fingerprint density at radius 3 is 2.68 bits per heavy atom. The Bertz CT molecular complexity index is 848. The largest absolute Gasteiger partial charge is 0.464 e. The van der Waals surface area contributed by atoms with E-state index in [1.54, 1.807) is 6.21 Å². The van der Waals surface area contributed by atoms with Gasteiger partial charge in [-0.05, 0) is 24.3 Å². The molecule has 0 fully saturated rings. The van der Waals surface area contributed by atoms with Crippen molar-refractivity contribution in [3.05, 3.63) is 66.2 Å². The summed E-state index contributed by atoms with van der Waals surface area (Å²) < 4.78 is 5.54. The third kappa shape index (κ3) is 3.13.